The second-order valence-electron chi connectivity index (χ2n) is 10.2. The normalized spacial score (nSPS) is 12.1. The van der Waals surface area contributed by atoms with Crippen molar-refractivity contribution in [3.05, 3.63) is 0 Å². The molecule has 0 aromatic carbocycles. The van der Waals surface area contributed by atoms with Crippen molar-refractivity contribution in [1.29, 1.82) is 0 Å². The van der Waals surface area contributed by atoms with Crippen molar-refractivity contribution in [2.24, 2.45) is 5.73 Å². The number of carbonyl (C=O) groups is 3. The second kappa shape index (κ2) is 12.0. The van der Waals surface area contributed by atoms with Gasteiger partial charge in [0.2, 0.25) is 0 Å². The van der Waals surface area contributed by atoms with Gasteiger partial charge in [0.25, 0.3) is 0 Å². The highest BCUT2D eigenvalue weighted by Gasteiger charge is 2.26. The molecule has 0 radical (unpaired) electrons. The van der Waals surface area contributed by atoms with Crippen LogP contribution in [0.4, 0.5) is 14.4 Å². The summed E-state index contributed by atoms with van der Waals surface area (Å²) in [6.07, 6.45) is -1.63. The van der Waals surface area contributed by atoms with Crippen LogP contribution < -0.4 is 11.1 Å². The predicted molar refractivity (Wildman–Crippen MR) is 119 cm³/mol. The summed E-state index contributed by atoms with van der Waals surface area (Å²) in [5.74, 6) is 0. The molecule has 0 fully saturated rings. The molecule has 0 aromatic rings. The number of ether oxygens (including phenoxy) is 3. The highest BCUT2D eigenvalue weighted by atomic mass is 16.6. The lowest BCUT2D eigenvalue weighted by molar-refractivity contribution is 0.0137. The van der Waals surface area contributed by atoms with Gasteiger partial charge in [-0.2, -0.15) is 0 Å². The van der Waals surface area contributed by atoms with Crippen molar-refractivity contribution in [3.8, 4) is 0 Å². The SMILES string of the molecule is CC(C)(C)OC(=O)NCCN(CCN(CCN)C(=O)OC(C)(C)C)C(=O)OC(C)(C)C. The van der Waals surface area contributed by atoms with Crippen LogP contribution in [-0.4, -0.2) is 84.2 Å². The van der Waals surface area contributed by atoms with Gasteiger partial charge >= 0.3 is 18.3 Å². The van der Waals surface area contributed by atoms with Crippen molar-refractivity contribution in [3.63, 3.8) is 0 Å². The fourth-order valence-electron chi connectivity index (χ4n) is 2.25. The zero-order valence-corrected chi connectivity index (χ0v) is 20.7. The molecule has 0 aliphatic heterocycles. The van der Waals surface area contributed by atoms with E-state index in [0.717, 1.165) is 0 Å². The average molecular weight is 447 g/mol. The number of amides is 3. The Kier molecular flexibility index (Phi) is 11.1. The summed E-state index contributed by atoms with van der Waals surface area (Å²) in [6.45, 7) is 17.2. The van der Waals surface area contributed by atoms with Crippen LogP contribution in [0.2, 0.25) is 0 Å². The summed E-state index contributed by atoms with van der Waals surface area (Å²) in [5, 5.41) is 2.62. The number of nitrogens with one attached hydrogen (secondary N) is 1. The van der Waals surface area contributed by atoms with Crippen LogP contribution >= 0.6 is 0 Å². The highest BCUT2D eigenvalue weighted by Crippen LogP contribution is 2.12. The van der Waals surface area contributed by atoms with Gasteiger partial charge in [-0.15, -0.1) is 0 Å². The van der Waals surface area contributed by atoms with Crippen molar-refractivity contribution in [1.82, 2.24) is 15.1 Å². The molecule has 0 aliphatic carbocycles. The number of hydrogen-bond donors (Lipinski definition) is 2. The summed E-state index contributed by atoms with van der Waals surface area (Å²) in [5.41, 5.74) is 3.68. The van der Waals surface area contributed by atoms with E-state index in [1.165, 1.54) is 9.80 Å². The van der Waals surface area contributed by atoms with Gasteiger partial charge in [0, 0.05) is 39.3 Å². The fraction of sp³-hybridized carbons (Fsp3) is 0.857. The molecule has 0 aromatic heterocycles. The van der Waals surface area contributed by atoms with Crippen LogP contribution in [0.15, 0.2) is 0 Å². The molecule has 3 amide bonds. The van der Waals surface area contributed by atoms with Crippen LogP contribution in [0.1, 0.15) is 62.3 Å². The second-order valence-corrected chi connectivity index (χ2v) is 10.2. The molecule has 0 bridgehead atoms. The van der Waals surface area contributed by atoms with Crippen LogP contribution in [-0.2, 0) is 14.2 Å². The zero-order chi connectivity index (χ0) is 24.5. The molecule has 10 heteroatoms. The van der Waals surface area contributed by atoms with E-state index in [1.807, 2.05) is 0 Å². The molecule has 0 saturated carbocycles. The van der Waals surface area contributed by atoms with Crippen molar-refractivity contribution in [2.75, 3.05) is 39.3 Å². The summed E-state index contributed by atoms with van der Waals surface area (Å²) < 4.78 is 16.1. The van der Waals surface area contributed by atoms with Crippen molar-refractivity contribution >= 4 is 18.3 Å². The summed E-state index contributed by atoms with van der Waals surface area (Å²) in [6, 6.07) is 0. The largest absolute Gasteiger partial charge is 0.444 e. The van der Waals surface area contributed by atoms with Crippen molar-refractivity contribution in [2.45, 2.75) is 79.1 Å². The smallest absolute Gasteiger partial charge is 0.410 e. The molecule has 0 atom stereocenters. The number of rotatable bonds is 8. The fourth-order valence-corrected chi connectivity index (χ4v) is 2.25. The number of carbonyl (C=O) groups excluding carboxylic acids is 3. The van der Waals surface area contributed by atoms with Gasteiger partial charge in [0.1, 0.15) is 16.8 Å². The van der Waals surface area contributed by atoms with E-state index in [0.29, 0.717) is 0 Å². The molecule has 0 heterocycles. The Labute approximate surface area is 186 Å². The van der Waals surface area contributed by atoms with Crippen LogP contribution in [0.5, 0.6) is 0 Å². The van der Waals surface area contributed by atoms with E-state index in [9.17, 15) is 14.4 Å². The first-order chi connectivity index (χ1) is 13.9. The summed E-state index contributed by atoms with van der Waals surface area (Å²) in [4.78, 5) is 39.8. The van der Waals surface area contributed by atoms with Gasteiger partial charge < -0.3 is 35.1 Å². The Morgan fingerprint density at radius 1 is 0.677 bits per heavy atom. The Bertz CT molecular complexity index is 590. The van der Waals surface area contributed by atoms with Crippen LogP contribution in [0, 0.1) is 0 Å². The minimum Gasteiger partial charge on any atom is -0.444 e. The van der Waals surface area contributed by atoms with E-state index in [2.05, 4.69) is 5.32 Å². The molecule has 3 N–H and O–H groups in total. The molecule has 0 aliphatic rings. The molecule has 0 saturated heterocycles. The van der Waals surface area contributed by atoms with Gasteiger partial charge in [-0.05, 0) is 62.3 Å². The lowest BCUT2D eigenvalue weighted by atomic mass is 10.2. The van der Waals surface area contributed by atoms with Gasteiger partial charge in [-0.1, -0.05) is 0 Å². The molecule has 10 nitrogen and oxygen atoms in total. The Morgan fingerprint density at radius 2 is 1.06 bits per heavy atom. The monoisotopic (exact) mass is 446 g/mol. The predicted octanol–water partition coefficient (Wildman–Crippen LogP) is 2.94. The number of hydrogen-bond acceptors (Lipinski definition) is 7. The topological polar surface area (TPSA) is 123 Å². The summed E-state index contributed by atoms with van der Waals surface area (Å²) >= 11 is 0. The lowest BCUT2D eigenvalue weighted by Crippen LogP contribution is -2.47. The van der Waals surface area contributed by atoms with Gasteiger partial charge in [0.05, 0.1) is 0 Å². The third kappa shape index (κ3) is 15.3. The van der Waals surface area contributed by atoms with Crippen LogP contribution in [0.25, 0.3) is 0 Å². The van der Waals surface area contributed by atoms with E-state index < -0.39 is 35.1 Å². The first-order valence-electron chi connectivity index (χ1n) is 10.6. The molecule has 0 unspecified atom stereocenters. The molecular weight excluding hydrogens is 404 g/mol. The minimum absolute atomic E-state index is 0.164. The molecule has 0 spiro atoms. The Balaban J connectivity index is 5.08. The number of alkyl carbamates (subject to hydrolysis) is 1. The maximum absolute atomic E-state index is 12.6. The third-order valence-electron chi connectivity index (χ3n) is 3.39. The average Bonchev–Trinajstić information content (AvgIpc) is 2.51. The minimum atomic E-state index is -0.684. The van der Waals surface area contributed by atoms with E-state index in [4.69, 9.17) is 19.9 Å². The Hall–Kier alpha value is -2.23. The van der Waals surface area contributed by atoms with E-state index in [1.54, 1.807) is 62.3 Å². The maximum Gasteiger partial charge on any atom is 0.410 e. The van der Waals surface area contributed by atoms with Crippen LogP contribution in [0.3, 0.4) is 0 Å². The molecular formula is C21H42N4O6. The molecule has 0 rings (SSSR count). The summed E-state index contributed by atoms with van der Waals surface area (Å²) in [7, 11) is 0. The quantitative estimate of drug-likeness (QED) is 0.549. The molecule has 31 heavy (non-hydrogen) atoms. The van der Waals surface area contributed by atoms with Crippen molar-refractivity contribution < 1.29 is 28.6 Å². The highest BCUT2D eigenvalue weighted by molar-refractivity contribution is 5.70. The van der Waals surface area contributed by atoms with E-state index >= 15 is 0 Å². The Morgan fingerprint density at radius 3 is 1.42 bits per heavy atom. The number of nitrogens with zero attached hydrogens (tertiary/aromatic N) is 2. The first kappa shape index (κ1) is 28.8. The third-order valence-corrected chi connectivity index (χ3v) is 3.39. The van der Waals surface area contributed by atoms with Gasteiger partial charge in [-0.25, -0.2) is 14.4 Å². The standard InChI is InChI=1S/C21H42N4O6/c1-19(2,3)29-16(26)23-11-13-25(18(28)31-21(7,8)9)15-14-24(12-10-22)17(27)30-20(4,5)6/h10-15,22H2,1-9H3,(H,23,26). The van der Waals surface area contributed by atoms with E-state index in [-0.39, 0.29) is 39.3 Å². The zero-order valence-electron chi connectivity index (χ0n) is 20.7. The lowest BCUT2D eigenvalue weighted by Gasteiger charge is -2.31. The number of nitrogens with two attached hydrogens (primary N) is 1. The first-order valence-corrected chi connectivity index (χ1v) is 10.6. The van der Waals surface area contributed by atoms with Gasteiger partial charge in [-0.3, -0.25) is 0 Å². The maximum atomic E-state index is 12.6. The molecule has 182 valence electrons. The van der Waals surface area contributed by atoms with Gasteiger partial charge in [0.15, 0.2) is 0 Å².